The largest absolute Gasteiger partial charge is 0.333 e. The Morgan fingerprint density at radius 3 is 2.81 bits per heavy atom. The second-order valence-corrected chi connectivity index (χ2v) is 6.12. The van der Waals surface area contributed by atoms with Crippen LogP contribution in [0.5, 0.6) is 0 Å². The van der Waals surface area contributed by atoms with Gasteiger partial charge in [-0.3, -0.25) is 4.90 Å². The summed E-state index contributed by atoms with van der Waals surface area (Å²) >= 11 is 3.61. The van der Waals surface area contributed by atoms with Crippen LogP contribution in [0.4, 0.5) is 0 Å². The van der Waals surface area contributed by atoms with E-state index in [-0.39, 0.29) is 6.04 Å². The molecule has 0 amide bonds. The lowest BCUT2D eigenvalue weighted by molar-refractivity contribution is 0.231. The van der Waals surface area contributed by atoms with E-state index in [1.807, 2.05) is 18.6 Å². The maximum Gasteiger partial charge on any atom is 0.0948 e. The summed E-state index contributed by atoms with van der Waals surface area (Å²) in [6.45, 7) is 4.58. The molecule has 0 radical (unpaired) electrons. The standard InChI is InChI=1S/C16H23BrN4/c1-3-8-21-12-19-10-16(21)15(9-18)20(2)11-13-6-4-5-7-14(13)17/h4-7,10,12,15H,3,8-9,11,18H2,1-2H3. The van der Waals surface area contributed by atoms with E-state index in [2.05, 4.69) is 62.6 Å². The Labute approximate surface area is 135 Å². The molecule has 21 heavy (non-hydrogen) atoms. The summed E-state index contributed by atoms with van der Waals surface area (Å²) in [5.74, 6) is 0. The van der Waals surface area contributed by atoms with E-state index in [4.69, 9.17) is 5.73 Å². The summed E-state index contributed by atoms with van der Waals surface area (Å²) in [6, 6.07) is 8.47. The summed E-state index contributed by atoms with van der Waals surface area (Å²) in [7, 11) is 2.11. The van der Waals surface area contributed by atoms with Crippen molar-refractivity contribution in [3.8, 4) is 0 Å². The first-order valence-corrected chi connectivity index (χ1v) is 8.10. The van der Waals surface area contributed by atoms with Gasteiger partial charge in [-0.25, -0.2) is 4.98 Å². The van der Waals surface area contributed by atoms with Crippen molar-refractivity contribution in [2.45, 2.75) is 32.5 Å². The van der Waals surface area contributed by atoms with Crippen molar-refractivity contribution in [1.82, 2.24) is 14.5 Å². The second kappa shape index (κ2) is 7.73. The van der Waals surface area contributed by atoms with Gasteiger partial charge in [0.05, 0.1) is 18.1 Å². The van der Waals surface area contributed by atoms with Crippen molar-refractivity contribution < 1.29 is 0 Å². The molecule has 1 unspecified atom stereocenters. The predicted octanol–water partition coefficient (Wildman–Crippen LogP) is 3.19. The van der Waals surface area contributed by atoms with Crippen molar-refractivity contribution in [3.05, 3.63) is 52.5 Å². The van der Waals surface area contributed by atoms with E-state index in [9.17, 15) is 0 Å². The number of nitrogens with two attached hydrogens (primary N) is 1. The fourth-order valence-electron chi connectivity index (χ4n) is 2.57. The number of imidazole rings is 1. The Balaban J connectivity index is 2.17. The van der Waals surface area contributed by atoms with Gasteiger partial charge in [0.1, 0.15) is 0 Å². The van der Waals surface area contributed by atoms with Gasteiger partial charge in [0.2, 0.25) is 0 Å². The Morgan fingerprint density at radius 2 is 2.14 bits per heavy atom. The molecule has 0 spiro atoms. The number of hydrogen-bond acceptors (Lipinski definition) is 3. The zero-order valence-electron chi connectivity index (χ0n) is 12.7. The van der Waals surface area contributed by atoms with Crippen molar-refractivity contribution in [1.29, 1.82) is 0 Å². The zero-order chi connectivity index (χ0) is 15.2. The fourth-order valence-corrected chi connectivity index (χ4v) is 2.98. The van der Waals surface area contributed by atoms with E-state index < -0.39 is 0 Å². The number of rotatable bonds is 7. The molecule has 5 heteroatoms. The Hall–Kier alpha value is -1.17. The Bertz CT molecular complexity index is 567. The van der Waals surface area contributed by atoms with Crippen molar-refractivity contribution in [3.63, 3.8) is 0 Å². The predicted molar refractivity (Wildman–Crippen MR) is 89.9 cm³/mol. The molecule has 2 N–H and O–H groups in total. The van der Waals surface area contributed by atoms with Gasteiger partial charge in [-0.05, 0) is 25.1 Å². The first-order valence-electron chi connectivity index (χ1n) is 7.31. The van der Waals surface area contributed by atoms with Crippen LogP contribution in [0.2, 0.25) is 0 Å². The molecule has 1 aromatic carbocycles. The molecule has 0 saturated carbocycles. The molecular formula is C16H23BrN4. The molecule has 0 aliphatic heterocycles. The van der Waals surface area contributed by atoms with Crippen LogP contribution in [0.15, 0.2) is 41.3 Å². The molecule has 2 rings (SSSR count). The second-order valence-electron chi connectivity index (χ2n) is 5.27. The number of halogens is 1. The summed E-state index contributed by atoms with van der Waals surface area (Å²) in [6.07, 6.45) is 4.92. The molecule has 2 aromatic rings. The van der Waals surface area contributed by atoms with Gasteiger partial charge in [-0.15, -0.1) is 0 Å². The first kappa shape index (κ1) is 16.2. The average Bonchev–Trinajstić information content (AvgIpc) is 2.91. The number of aromatic nitrogens is 2. The summed E-state index contributed by atoms with van der Waals surface area (Å²) < 4.78 is 3.34. The van der Waals surface area contributed by atoms with Crippen molar-refractivity contribution in [2.75, 3.05) is 13.6 Å². The topological polar surface area (TPSA) is 47.1 Å². The minimum absolute atomic E-state index is 0.172. The fraction of sp³-hybridized carbons (Fsp3) is 0.438. The highest BCUT2D eigenvalue weighted by molar-refractivity contribution is 9.10. The molecule has 1 aromatic heterocycles. The van der Waals surface area contributed by atoms with Gasteiger partial charge >= 0.3 is 0 Å². The highest BCUT2D eigenvalue weighted by Gasteiger charge is 2.19. The third-order valence-corrected chi connectivity index (χ3v) is 4.46. The number of aryl methyl sites for hydroxylation is 1. The lowest BCUT2D eigenvalue weighted by Crippen LogP contribution is -2.32. The van der Waals surface area contributed by atoms with Gasteiger partial charge in [0, 0.05) is 30.3 Å². The highest BCUT2D eigenvalue weighted by atomic mass is 79.9. The number of hydrogen-bond donors (Lipinski definition) is 1. The van der Waals surface area contributed by atoms with Crippen LogP contribution in [0, 0.1) is 0 Å². The van der Waals surface area contributed by atoms with Crippen molar-refractivity contribution >= 4 is 15.9 Å². The van der Waals surface area contributed by atoms with Gasteiger partial charge in [0.15, 0.2) is 0 Å². The smallest absolute Gasteiger partial charge is 0.0948 e. The summed E-state index contributed by atoms with van der Waals surface area (Å²) in [4.78, 5) is 6.57. The van der Waals surface area contributed by atoms with E-state index >= 15 is 0 Å². The molecule has 0 saturated heterocycles. The number of nitrogens with zero attached hydrogens (tertiary/aromatic N) is 3. The monoisotopic (exact) mass is 350 g/mol. The SMILES string of the molecule is CCCn1cncc1C(CN)N(C)Cc1ccccc1Br. The molecule has 114 valence electrons. The molecule has 0 fully saturated rings. The summed E-state index contributed by atoms with van der Waals surface area (Å²) in [5, 5.41) is 0. The quantitative estimate of drug-likeness (QED) is 0.833. The molecule has 4 nitrogen and oxygen atoms in total. The van der Waals surface area contributed by atoms with Crippen LogP contribution < -0.4 is 5.73 Å². The van der Waals surface area contributed by atoms with Gasteiger partial charge in [-0.1, -0.05) is 41.1 Å². The zero-order valence-corrected chi connectivity index (χ0v) is 14.3. The lowest BCUT2D eigenvalue weighted by atomic mass is 10.1. The summed E-state index contributed by atoms with van der Waals surface area (Å²) in [5.41, 5.74) is 8.48. The lowest BCUT2D eigenvalue weighted by Gasteiger charge is -2.28. The molecular weight excluding hydrogens is 328 g/mol. The third kappa shape index (κ3) is 3.93. The molecule has 1 heterocycles. The maximum atomic E-state index is 6.03. The van der Waals surface area contributed by atoms with Gasteiger partial charge < -0.3 is 10.3 Å². The van der Waals surface area contributed by atoms with E-state index in [1.165, 1.54) is 11.3 Å². The Kier molecular flexibility index (Phi) is 5.96. The van der Waals surface area contributed by atoms with Gasteiger partial charge in [-0.2, -0.15) is 0 Å². The van der Waals surface area contributed by atoms with Crippen LogP contribution in [0.1, 0.15) is 30.6 Å². The first-order chi connectivity index (χ1) is 10.2. The van der Waals surface area contributed by atoms with Crippen molar-refractivity contribution in [2.24, 2.45) is 5.73 Å². The van der Waals surface area contributed by atoms with Crippen LogP contribution in [-0.2, 0) is 13.1 Å². The van der Waals surface area contributed by atoms with Gasteiger partial charge in [0.25, 0.3) is 0 Å². The number of benzene rings is 1. The normalized spacial score (nSPS) is 12.8. The Morgan fingerprint density at radius 1 is 1.38 bits per heavy atom. The minimum atomic E-state index is 0.172. The van der Waals surface area contributed by atoms with Crippen LogP contribution in [-0.4, -0.2) is 28.0 Å². The van der Waals surface area contributed by atoms with E-state index in [1.54, 1.807) is 0 Å². The maximum absolute atomic E-state index is 6.03. The molecule has 0 aliphatic carbocycles. The van der Waals surface area contributed by atoms with E-state index in [0.717, 1.165) is 24.0 Å². The van der Waals surface area contributed by atoms with Crippen LogP contribution in [0.3, 0.4) is 0 Å². The number of likely N-dealkylation sites (N-methyl/N-ethyl adjacent to an activating group) is 1. The minimum Gasteiger partial charge on any atom is -0.333 e. The molecule has 0 bridgehead atoms. The van der Waals surface area contributed by atoms with Crippen LogP contribution in [0.25, 0.3) is 0 Å². The molecule has 1 atom stereocenters. The average molecular weight is 351 g/mol. The highest BCUT2D eigenvalue weighted by Crippen LogP contribution is 2.23. The third-order valence-electron chi connectivity index (χ3n) is 3.68. The molecule has 0 aliphatic rings. The van der Waals surface area contributed by atoms with E-state index in [0.29, 0.717) is 6.54 Å². The van der Waals surface area contributed by atoms with Crippen LogP contribution >= 0.6 is 15.9 Å².